The fourth-order valence-electron chi connectivity index (χ4n) is 0.913. The minimum absolute atomic E-state index is 0.114. The van der Waals surface area contributed by atoms with Gasteiger partial charge in [0.1, 0.15) is 5.82 Å². The second kappa shape index (κ2) is 4.61. The van der Waals surface area contributed by atoms with Crippen molar-refractivity contribution >= 4 is 0 Å². The summed E-state index contributed by atoms with van der Waals surface area (Å²) in [6, 6.07) is 4.31. The van der Waals surface area contributed by atoms with E-state index in [-0.39, 0.29) is 18.7 Å². The average Bonchev–Trinajstić information content (AvgIpc) is 2.17. The maximum Gasteiger partial charge on any atom is 0.138 e. The van der Waals surface area contributed by atoms with Crippen molar-refractivity contribution in [2.75, 3.05) is 6.54 Å². The van der Waals surface area contributed by atoms with Crippen LogP contribution in [0.5, 0.6) is 0 Å². The molecule has 1 aromatic carbocycles. The van der Waals surface area contributed by atoms with Gasteiger partial charge in [0, 0.05) is 0 Å². The molecule has 0 aliphatic carbocycles. The molecule has 0 saturated carbocycles. The lowest BCUT2D eigenvalue weighted by atomic mass is 10.1. The van der Waals surface area contributed by atoms with E-state index in [9.17, 15) is 4.39 Å². The van der Waals surface area contributed by atoms with Gasteiger partial charge >= 0.3 is 0 Å². The van der Waals surface area contributed by atoms with Gasteiger partial charge in [0.25, 0.3) is 0 Å². The number of hydrogen-bond donors (Lipinski definition) is 2. The van der Waals surface area contributed by atoms with E-state index >= 15 is 0 Å². The van der Waals surface area contributed by atoms with Crippen molar-refractivity contribution < 1.29 is 9.50 Å². The molecule has 0 radical (unpaired) electrons. The normalized spacial score (nSPS) is 9.15. The van der Waals surface area contributed by atoms with Gasteiger partial charge in [-0.2, -0.15) is 0 Å². The molecule has 13 heavy (non-hydrogen) atoms. The van der Waals surface area contributed by atoms with Crippen LogP contribution in [0.1, 0.15) is 11.1 Å². The van der Waals surface area contributed by atoms with Gasteiger partial charge in [-0.25, -0.2) is 4.39 Å². The van der Waals surface area contributed by atoms with E-state index in [0.29, 0.717) is 5.56 Å². The second-order valence-corrected chi connectivity index (χ2v) is 2.48. The molecule has 0 heterocycles. The highest BCUT2D eigenvalue weighted by Gasteiger charge is 1.99. The molecule has 0 spiro atoms. The number of benzene rings is 1. The van der Waals surface area contributed by atoms with Crippen molar-refractivity contribution in [2.24, 2.45) is 5.73 Å². The van der Waals surface area contributed by atoms with E-state index in [1.165, 1.54) is 18.2 Å². The predicted octanol–water partition coefficient (Wildman–Crippen LogP) is 0.628. The third-order valence-electron chi connectivity index (χ3n) is 1.54. The molecule has 68 valence electrons. The Bertz CT molecular complexity index is 352. The molecule has 0 aliphatic heterocycles. The Kier molecular flexibility index (Phi) is 3.44. The summed E-state index contributed by atoms with van der Waals surface area (Å²) in [4.78, 5) is 0. The summed E-state index contributed by atoms with van der Waals surface area (Å²) in [5.41, 5.74) is 6.07. The first-order valence-corrected chi connectivity index (χ1v) is 3.86. The van der Waals surface area contributed by atoms with Crippen molar-refractivity contribution in [1.82, 2.24) is 0 Å². The third kappa shape index (κ3) is 2.55. The molecule has 0 atom stereocenters. The van der Waals surface area contributed by atoms with E-state index in [0.717, 1.165) is 0 Å². The van der Waals surface area contributed by atoms with Crippen molar-refractivity contribution in [3.05, 3.63) is 35.1 Å². The minimum atomic E-state index is -0.391. The summed E-state index contributed by atoms with van der Waals surface area (Å²) in [6.45, 7) is 0.0837. The van der Waals surface area contributed by atoms with Gasteiger partial charge in [-0.05, 0) is 17.7 Å². The number of nitrogens with two attached hydrogens (primary N) is 1. The molecule has 3 N–H and O–H groups in total. The largest absolute Gasteiger partial charge is 0.392 e. The molecule has 3 heteroatoms. The van der Waals surface area contributed by atoms with Crippen LogP contribution in [0, 0.1) is 17.7 Å². The van der Waals surface area contributed by atoms with Gasteiger partial charge in [0.2, 0.25) is 0 Å². The first-order chi connectivity index (χ1) is 6.27. The van der Waals surface area contributed by atoms with Crippen LogP contribution in [-0.2, 0) is 6.61 Å². The first-order valence-electron chi connectivity index (χ1n) is 3.86. The van der Waals surface area contributed by atoms with Crippen LogP contribution >= 0.6 is 0 Å². The number of halogens is 1. The second-order valence-electron chi connectivity index (χ2n) is 2.48. The van der Waals surface area contributed by atoms with E-state index in [1.807, 2.05) is 0 Å². The highest BCUT2D eigenvalue weighted by molar-refractivity contribution is 5.38. The fraction of sp³-hybridized carbons (Fsp3) is 0.200. The van der Waals surface area contributed by atoms with E-state index in [4.69, 9.17) is 10.8 Å². The van der Waals surface area contributed by atoms with Crippen LogP contribution in [-0.4, -0.2) is 11.7 Å². The summed E-state index contributed by atoms with van der Waals surface area (Å²) in [5, 5.41) is 8.78. The van der Waals surface area contributed by atoms with Crippen LogP contribution < -0.4 is 5.73 Å². The zero-order chi connectivity index (χ0) is 9.68. The maximum absolute atomic E-state index is 13.0. The topological polar surface area (TPSA) is 46.2 Å². The maximum atomic E-state index is 13.0. The number of aliphatic hydroxyl groups is 1. The minimum Gasteiger partial charge on any atom is -0.392 e. The Morgan fingerprint density at radius 2 is 2.23 bits per heavy atom. The van der Waals surface area contributed by atoms with Gasteiger partial charge in [-0.3, -0.25) is 0 Å². The molecular weight excluding hydrogens is 169 g/mol. The SMILES string of the molecule is NCC#Cc1cc(CO)ccc1F. The molecular formula is C10H10FNO. The van der Waals surface area contributed by atoms with E-state index in [2.05, 4.69) is 11.8 Å². The number of aliphatic hydroxyl groups excluding tert-OH is 1. The molecule has 0 saturated heterocycles. The fourth-order valence-corrected chi connectivity index (χ4v) is 0.913. The third-order valence-corrected chi connectivity index (χ3v) is 1.54. The molecule has 0 aliphatic rings. The van der Waals surface area contributed by atoms with Gasteiger partial charge < -0.3 is 10.8 Å². The van der Waals surface area contributed by atoms with Crippen LogP contribution in [0.4, 0.5) is 4.39 Å². The van der Waals surface area contributed by atoms with Crippen LogP contribution in [0.15, 0.2) is 18.2 Å². The highest BCUT2D eigenvalue weighted by Crippen LogP contribution is 2.09. The summed E-state index contributed by atoms with van der Waals surface area (Å²) < 4.78 is 13.0. The predicted molar refractivity (Wildman–Crippen MR) is 48.3 cm³/mol. The van der Waals surface area contributed by atoms with Crippen LogP contribution in [0.2, 0.25) is 0 Å². The molecule has 0 bridgehead atoms. The Hall–Kier alpha value is -1.37. The lowest BCUT2D eigenvalue weighted by Gasteiger charge is -1.97. The van der Waals surface area contributed by atoms with Crippen molar-refractivity contribution in [2.45, 2.75) is 6.61 Å². The van der Waals surface area contributed by atoms with Crippen molar-refractivity contribution in [3.63, 3.8) is 0 Å². The van der Waals surface area contributed by atoms with E-state index in [1.54, 1.807) is 0 Å². The van der Waals surface area contributed by atoms with Crippen molar-refractivity contribution in [3.8, 4) is 11.8 Å². The first kappa shape index (κ1) is 9.72. The highest BCUT2D eigenvalue weighted by atomic mass is 19.1. The molecule has 1 aromatic rings. The lowest BCUT2D eigenvalue weighted by Crippen LogP contribution is -1.94. The average molecular weight is 179 g/mol. The molecule has 0 unspecified atom stereocenters. The van der Waals surface area contributed by atoms with Crippen LogP contribution in [0.3, 0.4) is 0 Å². The smallest absolute Gasteiger partial charge is 0.138 e. The Morgan fingerprint density at radius 1 is 1.46 bits per heavy atom. The molecule has 0 fully saturated rings. The van der Waals surface area contributed by atoms with Crippen molar-refractivity contribution in [1.29, 1.82) is 0 Å². The molecule has 0 amide bonds. The summed E-state index contributed by atoms with van der Waals surface area (Å²) in [6.07, 6.45) is 0. The molecule has 0 aromatic heterocycles. The lowest BCUT2D eigenvalue weighted by molar-refractivity contribution is 0.281. The van der Waals surface area contributed by atoms with Crippen LogP contribution in [0.25, 0.3) is 0 Å². The van der Waals surface area contributed by atoms with Gasteiger partial charge in [-0.15, -0.1) is 0 Å². The number of hydrogen-bond acceptors (Lipinski definition) is 2. The summed E-state index contributed by atoms with van der Waals surface area (Å²) in [7, 11) is 0. The standard InChI is InChI=1S/C10H10FNO/c11-10-4-3-8(7-13)6-9(10)2-1-5-12/h3-4,6,13H,5,7,12H2. The molecule has 1 rings (SSSR count). The number of rotatable bonds is 1. The van der Waals surface area contributed by atoms with Gasteiger partial charge in [-0.1, -0.05) is 17.9 Å². The van der Waals surface area contributed by atoms with Gasteiger partial charge in [0.15, 0.2) is 0 Å². The monoisotopic (exact) mass is 179 g/mol. The van der Waals surface area contributed by atoms with Gasteiger partial charge in [0.05, 0.1) is 18.7 Å². The Balaban J connectivity index is 3.04. The molecule has 2 nitrogen and oxygen atoms in total. The Morgan fingerprint density at radius 3 is 2.85 bits per heavy atom. The Labute approximate surface area is 76.2 Å². The zero-order valence-electron chi connectivity index (χ0n) is 7.05. The summed E-state index contributed by atoms with van der Waals surface area (Å²) >= 11 is 0. The van der Waals surface area contributed by atoms with E-state index < -0.39 is 5.82 Å². The quantitative estimate of drug-likeness (QED) is 0.621. The zero-order valence-corrected chi connectivity index (χ0v) is 7.05. The summed E-state index contributed by atoms with van der Waals surface area (Å²) in [5.74, 6) is 4.75.